The smallest absolute Gasteiger partial charge is 0.231 e. The molecule has 24 heavy (non-hydrogen) atoms. The van der Waals surface area contributed by atoms with Crippen molar-refractivity contribution in [2.75, 3.05) is 12.4 Å². The van der Waals surface area contributed by atoms with E-state index in [9.17, 15) is 10.5 Å². The Morgan fingerprint density at radius 2 is 2.21 bits per heavy atom. The SMILES string of the molecule is CC[C@@]1(c2cccc(Cl)c2)[C@]2(C#N)C(N)=N[C@@]3(OCCS3)[C@@]21C#N. The number of amidine groups is 1. The van der Waals surface area contributed by atoms with Gasteiger partial charge >= 0.3 is 0 Å². The van der Waals surface area contributed by atoms with E-state index >= 15 is 0 Å². The largest absolute Gasteiger partial charge is 0.386 e. The Balaban J connectivity index is 2.05. The second kappa shape index (κ2) is 4.67. The maximum atomic E-state index is 10.2. The zero-order valence-corrected chi connectivity index (χ0v) is 14.6. The van der Waals surface area contributed by atoms with Gasteiger partial charge in [-0.3, -0.25) is 0 Å². The van der Waals surface area contributed by atoms with Gasteiger partial charge in [0.15, 0.2) is 10.8 Å². The Labute approximate surface area is 149 Å². The first-order valence-electron chi connectivity index (χ1n) is 7.74. The first kappa shape index (κ1) is 15.8. The van der Waals surface area contributed by atoms with Crippen LogP contribution in [0.2, 0.25) is 5.02 Å². The number of fused-ring (bicyclic) bond motifs is 2. The fraction of sp³-hybridized carbons (Fsp3) is 0.471. The molecule has 1 saturated heterocycles. The Morgan fingerprint density at radius 1 is 1.42 bits per heavy atom. The molecule has 1 saturated carbocycles. The number of aliphatic imine (C=N–C) groups is 1. The summed E-state index contributed by atoms with van der Waals surface area (Å²) in [4.78, 5) is 4.48. The molecule has 2 fully saturated rings. The van der Waals surface area contributed by atoms with E-state index in [1.165, 1.54) is 11.8 Å². The van der Waals surface area contributed by atoms with Crippen LogP contribution < -0.4 is 5.73 Å². The summed E-state index contributed by atoms with van der Waals surface area (Å²) >= 11 is 7.66. The summed E-state index contributed by atoms with van der Waals surface area (Å²) in [5, 5.41) is 19.8. The van der Waals surface area contributed by atoms with E-state index < -0.39 is 21.3 Å². The molecule has 0 bridgehead atoms. The number of nitrogens with zero attached hydrogens (tertiary/aromatic N) is 3. The van der Waals surface area contributed by atoms with Crippen molar-refractivity contribution in [1.29, 1.82) is 10.5 Å². The molecular weight excluding hydrogens is 344 g/mol. The molecule has 2 N–H and O–H groups in total. The molecule has 0 amide bonds. The molecule has 122 valence electrons. The minimum atomic E-state index is -1.19. The average Bonchev–Trinajstić information content (AvgIpc) is 2.79. The number of nitrogens with two attached hydrogens (primary N) is 1. The number of rotatable bonds is 2. The number of halogens is 1. The molecule has 4 atom stereocenters. The highest BCUT2D eigenvalue weighted by Gasteiger charge is 3.00. The summed E-state index contributed by atoms with van der Waals surface area (Å²) in [5.74, 6) is 0.916. The van der Waals surface area contributed by atoms with Crippen molar-refractivity contribution >= 4 is 29.2 Å². The van der Waals surface area contributed by atoms with Gasteiger partial charge in [-0.05, 0) is 24.1 Å². The molecule has 0 aromatic heterocycles. The maximum Gasteiger partial charge on any atom is 0.231 e. The molecule has 5 nitrogen and oxygen atoms in total. The van der Waals surface area contributed by atoms with Gasteiger partial charge in [0.05, 0.1) is 18.7 Å². The number of nitriles is 2. The van der Waals surface area contributed by atoms with Crippen LogP contribution in [0.3, 0.4) is 0 Å². The zero-order valence-electron chi connectivity index (χ0n) is 13.0. The summed E-state index contributed by atoms with van der Waals surface area (Å²) in [6, 6.07) is 12.1. The van der Waals surface area contributed by atoms with Crippen molar-refractivity contribution in [2.45, 2.75) is 23.8 Å². The molecule has 3 aliphatic rings. The molecule has 0 unspecified atom stereocenters. The summed E-state index contributed by atoms with van der Waals surface area (Å²) in [5.41, 5.74) is 3.98. The number of ether oxygens (including phenoxy) is 1. The van der Waals surface area contributed by atoms with E-state index in [4.69, 9.17) is 22.1 Å². The highest BCUT2D eigenvalue weighted by atomic mass is 35.5. The lowest BCUT2D eigenvalue weighted by molar-refractivity contribution is 0.0137. The van der Waals surface area contributed by atoms with Gasteiger partial charge in [-0.1, -0.05) is 42.4 Å². The van der Waals surface area contributed by atoms with Crippen molar-refractivity contribution in [1.82, 2.24) is 0 Å². The Morgan fingerprint density at radius 3 is 2.75 bits per heavy atom. The fourth-order valence-electron chi connectivity index (χ4n) is 4.96. The monoisotopic (exact) mass is 358 g/mol. The summed E-state index contributed by atoms with van der Waals surface area (Å²) < 4.78 is 5.94. The van der Waals surface area contributed by atoms with Crippen LogP contribution in [0.4, 0.5) is 0 Å². The molecule has 0 radical (unpaired) electrons. The Kier molecular flexibility index (Phi) is 3.07. The average molecular weight is 359 g/mol. The van der Waals surface area contributed by atoms with E-state index in [1.807, 2.05) is 25.1 Å². The third-order valence-corrected chi connectivity index (χ3v) is 7.28. The number of thioether (sulfide) groups is 1. The van der Waals surface area contributed by atoms with E-state index in [1.54, 1.807) is 6.07 Å². The van der Waals surface area contributed by atoms with Crippen LogP contribution >= 0.6 is 23.4 Å². The van der Waals surface area contributed by atoms with Gasteiger partial charge in [0.25, 0.3) is 0 Å². The topological polar surface area (TPSA) is 95.2 Å². The third kappa shape index (κ3) is 1.26. The summed E-state index contributed by atoms with van der Waals surface area (Å²) in [6.07, 6.45) is 0.566. The quantitative estimate of drug-likeness (QED) is 0.877. The van der Waals surface area contributed by atoms with Gasteiger partial charge in [0.1, 0.15) is 5.84 Å². The number of hydrogen-bond donors (Lipinski definition) is 1. The molecule has 1 aromatic rings. The lowest BCUT2D eigenvalue weighted by Gasteiger charge is -2.31. The normalized spacial score (nSPS) is 42.2. The molecule has 1 spiro atoms. The van der Waals surface area contributed by atoms with Crippen LogP contribution in [0.1, 0.15) is 18.9 Å². The lowest BCUT2D eigenvalue weighted by atomic mass is 9.81. The molecule has 7 heteroatoms. The number of hydrogen-bond acceptors (Lipinski definition) is 6. The highest BCUT2D eigenvalue weighted by molar-refractivity contribution is 8.00. The van der Waals surface area contributed by atoms with E-state index in [2.05, 4.69) is 17.1 Å². The minimum absolute atomic E-state index is 0.197. The van der Waals surface area contributed by atoms with E-state index in [0.29, 0.717) is 18.1 Å². The standard InChI is InChI=1S/C17H15ClN4OS/c1-2-14(11-4-3-5-12(18)8-11)15(9-19)13(21)22-17(16(14,15)10-20)23-6-7-24-17/h3-5,8H,2,6-7H2,1H3,(H2,21,22)/t14-,15+,16-,17-/m1/s1. The van der Waals surface area contributed by atoms with Gasteiger partial charge in [0.2, 0.25) is 5.06 Å². The van der Waals surface area contributed by atoms with Crippen LogP contribution in [-0.4, -0.2) is 23.3 Å². The van der Waals surface area contributed by atoms with Crippen molar-refractivity contribution in [3.63, 3.8) is 0 Å². The van der Waals surface area contributed by atoms with Gasteiger partial charge in [-0.25, -0.2) is 4.99 Å². The molecule has 2 aliphatic heterocycles. The zero-order chi connectivity index (χ0) is 17.2. The van der Waals surface area contributed by atoms with Crippen molar-refractivity contribution in [3.05, 3.63) is 34.9 Å². The molecule has 2 heterocycles. The predicted molar refractivity (Wildman–Crippen MR) is 92.3 cm³/mol. The van der Waals surface area contributed by atoms with Crippen LogP contribution in [0.25, 0.3) is 0 Å². The molecular formula is C17H15ClN4OS. The van der Waals surface area contributed by atoms with Gasteiger partial charge in [-0.15, -0.1) is 0 Å². The minimum Gasteiger partial charge on any atom is -0.386 e. The Bertz CT molecular complexity index is 853. The highest BCUT2D eigenvalue weighted by Crippen LogP contribution is 2.88. The van der Waals surface area contributed by atoms with Gasteiger partial charge in [0, 0.05) is 16.2 Å². The van der Waals surface area contributed by atoms with Crippen molar-refractivity contribution in [2.24, 2.45) is 21.6 Å². The third-order valence-electron chi connectivity index (χ3n) is 5.77. The second-order valence-electron chi connectivity index (χ2n) is 6.27. The lowest BCUT2D eigenvalue weighted by Crippen LogP contribution is -2.39. The first-order valence-corrected chi connectivity index (χ1v) is 9.10. The maximum absolute atomic E-state index is 10.2. The van der Waals surface area contributed by atoms with E-state index in [0.717, 1.165) is 11.3 Å². The molecule has 4 rings (SSSR count). The van der Waals surface area contributed by atoms with Crippen LogP contribution in [0, 0.1) is 33.5 Å². The van der Waals surface area contributed by atoms with Crippen molar-refractivity contribution in [3.8, 4) is 12.1 Å². The summed E-state index contributed by atoms with van der Waals surface area (Å²) in [6.45, 7) is 2.46. The van der Waals surface area contributed by atoms with Crippen molar-refractivity contribution < 1.29 is 4.74 Å². The summed E-state index contributed by atoms with van der Waals surface area (Å²) in [7, 11) is 0. The fourth-order valence-corrected chi connectivity index (χ4v) is 6.51. The predicted octanol–water partition coefficient (Wildman–Crippen LogP) is 2.81. The van der Waals surface area contributed by atoms with Crippen LogP contribution in [0.15, 0.2) is 29.3 Å². The second-order valence-corrected chi connectivity index (χ2v) is 7.96. The molecule has 1 aromatic carbocycles. The van der Waals surface area contributed by atoms with E-state index in [-0.39, 0.29) is 5.84 Å². The first-order chi connectivity index (χ1) is 11.5. The van der Waals surface area contributed by atoms with Gasteiger partial charge < -0.3 is 10.5 Å². The van der Waals surface area contributed by atoms with Crippen LogP contribution in [-0.2, 0) is 10.2 Å². The van der Waals surface area contributed by atoms with Crippen LogP contribution in [0.5, 0.6) is 0 Å². The Hall–Kier alpha value is -1.73. The molecule has 1 aliphatic carbocycles. The number of benzene rings is 1. The van der Waals surface area contributed by atoms with Gasteiger partial charge in [-0.2, -0.15) is 10.5 Å².